The third-order valence-corrected chi connectivity index (χ3v) is 1.93. The number of aliphatic hydroxyl groups is 2. The maximum atomic E-state index is 8.09. The fourth-order valence-electron chi connectivity index (χ4n) is 1.08. The summed E-state index contributed by atoms with van der Waals surface area (Å²) in [7, 11) is 0. The summed E-state index contributed by atoms with van der Waals surface area (Å²) in [5, 5.41) is 16.2. The molecule has 0 aliphatic carbocycles. The first kappa shape index (κ1) is 17.3. The molecule has 15 heavy (non-hydrogen) atoms. The van der Waals surface area contributed by atoms with Gasteiger partial charge in [0.2, 0.25) is 0 Å². The quantitative estimate of drug-likeness (QED) is 0.586. The Kier molecular flexibility index (Phi) is 22.4. The Balaban J connectivity index is 0. The van der Waals surface area contributed by atoms with Gasteiger partial charge >= 0.3 is 0 Å². The minimum Gasteiger partial charge on any atom is -0.394 e. The summed E-state index contributed by atoms with van der Waals surface area (Å²) in [6, 6.07) is 0. The molecule has 0 unspecified atom stereocenters. The first-order valence-electron chi connectivity index (χ1n) is 6.12. The zero-order valence-electron chi connectivity index (χ0n) is 10.4. The molecule has 0 aromatic heterocycles. The van der Waals surface area contributed by atoms with Gasteiger partial charge in [0.25, 0.3) is 0 Å². The Morgan fingerprint density at radius 2 is 1.13 bits per heavy atom. The van der Waals surface area contributed by atoms with Gasteiger partial charge in [-0.1, -0.05) is 52.4 Å². The average Bonchev–Trinajstić information content (AvgIpc) is 2.26. The number of ether oxygens (including phenoxy) is 1. The third-order valence-electron chi connectivity index (χ3n) is 1.93. The van der Waals surface area contributed by atoms with Crippen molar-refractivity contribution in [3.8, 4) is 0 Å². The van der Waals surface area contributed by atoms with Gasteiger partial charge in [-0.2, -0.15) is 0 Å². The molecule has 0 heterocycles. The number of hydrogen-bond donors (Lipinski definition) is 2. The first-order valence-corrected chi connectivity index (χ1v) is 6.12. The lowest BCUT2D eigenvalue weighted by Crippen LogP contribution is -2.03. The highest BCUT2D eigenvalue weighted by molar-refractivity contribution is 4.39. The summed E-state index contributed by atoms with van der Waals surface area (Å²) in [5.41, 5.74) is 0. The molecule has 0 atom stereocenters. The van der Waals surface area contributed by atoms with Gasteiger partial charge in [0, 0.05) is 0 Å². The molecule has 3 nitrogen and oxygen atoms in total. The summed E-state index contributed by atoms with van der Waals surface area (Å²) in [5.74, 6) is 0. The Bertz CT molecular complexity index is 76.9. The van der Waals surface area contributed by atoms with E-state index in [0.29, 0.717) is 13.2 Å². The van der Waals surface area contributed by atoms with Crippen molar-refractivity contribution in [2.75, 3.05) is 26.4 Å². The van der Waals surface area contributed by atoms with Crippen molar-refractivity contribution in [3.63, 3.8) is 0 Å². The van der Waals surface area contributed by atoms with Crippen LogP contribution in [0, 0.1) is 0 Å². The molecular weight excluding hydrogens is 192 g/mol. The largest absolute Gasteiger partial charge is 0.394 e. The molecular formula is C12H28O3. The lowest BCUT2D eigenvalue weighted by Gasteiger charge is -1.94. The minimum absolute atomic E-state index is 0.0278. The molecule has 0 rings (SSSR count). The predicted octanol–water partition coefficient (Wildman–Crippen LogP) is 2.35. The fraction of sp³-hybridized carbons (Fsp3) is 1.00. The van der Waals surface area contributed by atoms with Crippen LogP contribution >= 0.6 is 0 Å². The van der Waals surface area contributed by atoms with Crippen molar-refractivity contribution < 1.29 is 14.9 Å². The molecule has 0 amide bonds. The number of hydrogen-bond acceptors (Lipinski definition) is 3. The Morgan fingerprint density at radius 1 is 0.733 bits per heavy atom. The Labute approximate surface area is 94.5 Å². The molecule has 3 heteroatoms. The van der Waals surface area contributed by atoms with Crippen molar-refractivity contribution in [1.29, 1.82) is 0 Å². The van der Waals surface area contributed by atoms with Crippen molar-refractivity contribution >= 4 is 0 Å². The summed E-state index contributed by atoms with van der Waals surface area (Å²) in [6.07, 6.45) is 8.49. The normalized spacial score (nSPS) is 9.60. The van der Waals surface area contributed by atoms with Gasteiger partial charge in [0.05, 0.1) is 26.4 Å². The maximum Gasteiger partial charge on any atom is 0.0698 e. The second kappa shape index (κ2) is 19.5. The van der Waals surface area contributed by atoms with Crippen LogP contribution in [0.4, 0.5) is 0 Å². The highest BCUT2D eigenvalue weighted by Gasteiger charge is 1.83. The molecule has 0 saturated carbocycles. The van der Waals surface area contributed by atoms with E-state index in [1.165, 1.54) is 38.5 Å². The summed E-state index contributed by atoms with van der Waals surface area (Å²) in [4.78, 5) is 0. The minimum atomic E-state index is 0.0278. The molecule has 0 aromatic carbocycles. The summed E-state index contributed by atoms with van der Waals surface area (Å²) in [6.45, 7) is 5.21. The molecule has 94 valence electrons. The van der Waals surface area contributed by atoms with E-state index in [1.54, 1.807) is 0 Å². The van der Waals surface area contributed by atoms with E-state index in [1.807, 2.05) is 0 Å². The van der Waals surface area contributed by atoms with Crippen LogP contribution in [-0.2, 0) is 4.74 Å². The van der Waals surface area contributed by atoms with E-state index in [4.69, 9.17) is 10.2 Å². The smallest absolute Gasteiger partial charge is 0.0698 e. The van der Waals surface area contributed by atoms with Crippen molar-refractivity contribution in [2.45, 2.75) is 52.4 Å². The second-order valence-corrected chi connectivity index (χ2v) is 3.47. The molecule has 0 aliphatic heterocycles. The van der Waals surface area contributed by atoms with Gasteiger partial charge in [-0.3, -0.25) is 0 Å². The van der Waals surface area contributed by atoms with Gasteiger partial charge in [-0.25, -0.2) is 0 Å². The van der Waals surface area contributed by atoms with Crippen LogP contribution in [0.15, 0.2) is 0 Å². The highest BCUT2D eigenvalue weighted by Crippen LogP contribution is 2.03. The average molecular weight is 220 g/mol. The van der Waals surface area contributed by atoms with E-state index in [-0.39, 0.29) is 13.2 Å². The lowest BCUT2D eigenvalue weighted by molar-refractivity contribution is 0.0650. The predicted molar refractivity (Wildman–Crippen MR) is 64.0 cm³/mol. The van der Waals surface area contributed by atoms with Crippen LogP contribution in [-0.4, -0.2) is 36.6 Å². The Hall–Kier alpha value is -0.120. The molecule has 0 radical (unpaired) electrons. The van der Waals surface area contributed by atoms with E-state index in [9.17, 15) is 0 Å². The van der Waals surface area contributed by atoms with Gasteiger partial charge in [0.15, 0.2) is 0 Å². The summed E-state index contributed by atoms with van der Waals surface area (Å²) < 4.78 is 4.63. The molecule has 0 saturated heterocycles. The molecule has 0 aromatic rings. The number of unbranched alkanes of at least 4 members (excludes halogenated alkanes) is 5. The van der Waals surface area contributed by atoms with Gasteiger partial charge < -0.3 is 14.9 Å². The van der Waals surface area contributed by atoms with Crippen LogP contribution in [0.2, 0.25) is 0 Å². The van der Waals surface area contributed by atoms with Gasteiger partial charge in [-0.15, -0.1) is 0 Å². The van der Waals surface area contributed by atoms with E-state index in [0.717, 1.165) is 0 Å². The fourth-order valence-corrected chi connectivity index (χ4v) is 1.08. The standard InChI is InChI=1S/C8H18.C4H10O3/c1-3-5-7-8-6-4-2;5-1-3-7-4-2-6/h3-8H2,1-2H3;5-6H,1-4H2. The van der Waals surface area contributed by atoms with Gasteiger partial charge in [-0.05, 0) is 0 Å². The van der Waals surface area contributed by atoms with Crippen LogP contribution in [0.1, 0.15) is 52.4 Å². The molecule has 0 aliphatic rings. The summed E-state index contributed by atoms with van der Waals surface area (Å²) >= 11 is 0. The lowest BCUT2D eigenvalue weighted by atomic mass is 10.1. The van der Waals surface area contributed by atoms with E-state index >= 15 is 0 Å². The number of rotatable bonds is 9. The van der Waals surface area contributed by atoms with Crippen molar-refractivity contribution in [2.24, 2.45) is 0 Å². The van der Waals surface area contributed by atoms with Crippen LogP contribution in [0.3, 0.4) is 0 Å². The molecule has 0 fully saturated rings. The molecule has 0 spiro atoms. The zero-order chi connectivity index (χ0) is 11.8. The molecule has 2 N–H and O–H groups in total. The van der Waals surface area contributed by atoms with Crippen LogP contribution in [0.5, 0.6) is 0 Å². The first-order chi connectivity index (χ1) is 7.33. The zero-order valence-corrected chi connectivity index (χ0v) is 10.4. The second-order valence-electron chi connectivity index (χ2n) is 3.47. The van der Waals surface area contributed by atoms with Gasteiger partial charge in [0.1, 0.15) is 0 Å². The monoisotopic (exact) mass is 220 g/mol. The van der Waals surface area contributed by atoms with Crippen molar-refractivity contribution in [3.05, 3.63) is 0 Å². The number of aliphatic hydroxyl groups excluding tert-OH is 2. The Morgan fingerprint density at radius 3 is 1.40 bits per heavy atom. The van der Waals surface area contributed by atoms with E-state index < -0.39 is 0 Å². The van der Waals surface area contributed by atoms with E-state index in [2.05, 4.69) is 18.6 Å². The maximum absolute atomic E-state index is 8.09. The third kappa shape index (κ3) is 24.8. The topological polar surface area (TPSA) is 49.7 Å². The highest BCUT2D eigenvalue weighted by atomic mass is 16.5. The van der Waals surface area contributed by atoms with Crippen LogP contribution in [0.25, 0.3) is 0 Å². The van der Waals surface area contributed by atoms with Crippen LogP contribution < -0.4 is 0 Å². The molecule has 0 bridgehead atoms. The van der Waals surface area contributed by atoms with Crippen molar-refractivity contribution in [1.82, 2.24) is 0 Å². The SMILES string of the molecule is CCCCCCCC.OCCOCCO.